The standard InChI is InChI=1S/C12H10N4O3/c1-15-7-9(6-14-15)11-10(12(17)19-2)8(5-13)3-4-16(11)18/h3-4,6-7H,1-2H3. The molecular formula is C12H10N4O3. The van der Waals surface area contributed by atoms with E-state index in [0.717, 1.165) is 0 Å². The number of aromatic nitrogens is 3. The zero-order valence-electron chi connectivity index (χ0n) is 10.3. The summed E-state index contributed by atoms with van der Waals surface area (Å²) in [7, 11) is 2.88. The van der Waals surface area contributed by atoms with E-state index in [1.165, 1.54) is 30.3 Å². The van der Waals surface area contributed by atoms with Crippen LogP contribution >= 0.6 is 0 Å². The monoisotopic (exact) mass is 258 g/mol. The smallest absolute Gasteiger partial charge is 0.346 e. The number of rotatable bonds is 2. The lowest BCUT2D eigenvalue weighted by Gasteiger charge is -2.08. The molecule has 0 fully saturated rings. The molecule has 0 aliphatic carbocycles. The molecule has 0 aromatic carbocycles. The Bertz CT molecular complexity index is 685. The third-order valence-electron chi connectivity index (χ3n) is 2.59. The van der Waals surface area contributed by atoms with E-state index < -0.39 is 5.97 Å². The van der Waals surface area contributed by atoms with Crippen molar-refractivity contribution in [3.63, 3.8) is 0 Å². The number of carbonyl (C=O) groups is 1. The lowest BCUT2D eigenvalue weighted by Crippen LogP contribution is -2.31. The summed E-state index contributed by atoms with van der Waals surface area (Å²) in [6.45, 7) is 0. The highest BCUT2D eigenvalue weighted by Gasteiger charge is 2.27. The Hall–Kier alpha value is -2.88. The van der Waals surface area contributed by atoms with E-state index in [1.807, 2.05) is 6.07 Å². The predicted octanol–water partition coefficient (Wildman–Crippen LogP) is 0.379. The van der Waals surface area contributed by atoms with Crippen molar-refractivity contribution in [2.24, 2.45) is 7.05 Å². The number of nitrogens with zero attached hydrogens (tertiary/aromatic N) is 4. The van der Waals surface area contributed by atoms with Gasteiger partial charge in [-0.05, 0) is 0 Å². The number of aryl methyl sites for hydroxylation is 1. The molecule has 96 valence electrons. The molecule has 0 saturated carbocycles. The van der Waals surface area contributed by atoms with Crippen molar-refractivity contribution in [2.75, 3.05) is 7.11 Å². The Labute approximate surface area is 108 Å². The number of carbonyl (C=O) groups excluding carboxylic acids is 1. The van der Waals surface area contributed by atoms with Gasteiger partial charge in [0.05, 0.1) is 24.4 Å². The zero-order chi connectivity index (χ0) is 14.0. The fourth-order valence-corrected chi connectivity index (χ4v) is 1.75. The van der Waals surface area contributed by atoms with Gasteiger partial charge in [0.25, 0.3) is 0 Å². The fraction of sp³-hybridized carbons (Fsp3) is 0.167. The summed E-state index contributed by atoms with van der Waals surface area (Å²) in [6.07, 6.45) is 4.20. The number of ether oxygens (including phenoxy) is 1. The quantitative estimate of drug-likeness (QED) is 0.441. The minimum atomic E-state index is -0.736. The topological polar surface area (TPSA) is 94.8 Å². The second-order valence-corrected chi connectivity index (χ2v) is 3.78. The number of hydrogen-bond donors (Lipinski definition) is 0. The summed E-state index contributed by atoms with van der Waals surface area (Å²) in [5.41, 5.74) is 0.516. The lowest BCUT2D eigenvalue weighted by molar-refractivity contribution is -0.593. The van der Waals surface area contributed by atoms with E-state index in [4.69, 9.17) is 5.26 Å². The molecule has 0 aliphatic rings. The molecule has 2 aromatic rings. The van der Waals surface area contributed by atoms with Crippen LogP contribution in [0.15, 0.2) is 24.7 Å². The molecule has 0 aliphatic heterocycles. The predicted molar refractivity (Wildman–Crippen MR) is 63.7 cm³/mol. The van der Waals surface area contributed by atoms with Crippen molar-refractivity contribution >= 4 is 5.97 Å². The fourth-order valence-electron chi connectivity index (χ4n) is 1.75. The molecule has 0 bridgehead atoms. The van der Waals surface area contributed by atoms with Crippen molar-refractivity contribution in [1.82, 2.24) is 9.78 Å². The van der Waals surface area contributed by atoms with E-state index in [9.17, 15) is 10.0 Å². The molecule has 0 radical (unpaired) electrons. The molecule has 0 atom stereocenters. The Morgan fingerprint density at radius 3 is 2.89 bits per heavy atom. The van der Waals surface area contributed by atoms with Gasteiger partial charge in [-0.3, -0.25) is 4.68 Å². The van der Waals surface area contributed by atoms with Crippen molar-refractivity contribution in [3.8, 4) is 17.3 Å². The zero-order valence-corrected chi connectivity index (χ0v) is 10.3. The van der Waals surface area contributed by atoms with Crippen LogP contribution in [-0.2, 0) is 11.8 Å². The van der Waals surface area contributed by atoms with E-state index in [0.29, 0.717) is 10.3 Å². The van der Waals surface area contributed by atoms with Gasteiger partial charge in [0.2, 0.25) is 5.69 Å². The summed E-state index contributed by atoms with van der Waals surface area (Å²) in [5, 5.41) is 24.9. The molecule has 2 rings (SSSR count). The molecular weight excluding hydrogens is 248 g/mol. The summed E-state index contributed by atoms with van der Waals surface area (Å²) in [4.78, 5) is 11.8. The van der Waals surface area contributed by atoms with Gasteiger partial charge >= 0.3 is 5.97 Å². The SMILES string of the molecule is COC(=O)c1c(C#N)cc[n+]([O-])c1-c1cnn(C)c1. The minimum Gasteiger partial charge on any atom is -0.618 e. The van der Waals surface area contributed by atoms with Crippen LogP contribution in [0.4, 0.5) is 0 Å². The van der Waals surface area contributed by atoms with Crippen LogP contribution in [0.1, 0.15) is 15.9 Å². The van der Waals surface area contributed by atoms with Gasteiger partial charge in [-0.15, -0.1) is 0 Å². The largest absolute Gasteiger partial charge is 0.618 e. The first-order valence-electron chi connectivity index (χ1n) is 5.32. The van der Waals surface area contributed by atoms with Crippen LogP contribution in [0.2, 0.25) is 0 Å². The minimum absolute atomic E-state index is 0.0546. The van der Waals surface area contributed by atoms with Crippen LogP contribution < -0.4 is 4.73 Å². The maximum Gasteiger partial charge on any atom is 0.346 e. The molecule has 0 unspecified atom stereocenters. The van der Waals surface area contributed by atoms with Gasteiger partial charge in [-0.1, -0.05) is 0 Å². The van der Waals surface area contributed by atoms with Crippen LogP contribution in [0.25, 0.3) is 11.3 Å². The molecule has 0 saturated heterocycles. The molecule has 7 heteroatoms. The molecule has 0 amide bonds. The van der Waals surface area contributed by atoms with Crippen LogP contribution in [0, 0.1) is 16.5 Å². The maximum absolute atomic E-state index is 11.9. The highest BCUT2D eigenvalue weighted by molar-refractivity contribution is 5.97. The van der Waals surface area contributed by atoms with Crippen LogP contribution in [0.5, 0.6) is 0 Å². The third-order valence-corrected chi connectivity index (χ3v) is 2.59. The van der Waals surface area contributed by atoms with Gasteiger partial charge in [0, 0.05) is 19.3 Å². The number of methoxy groups -OCH3 is 1. The summed E-state index contributed by atoms with van der Waals surface area (Å²) < 4.78 is 6.65. The van der Waals surface area contributed by atoms with Crippen molar-refractivity contribution in [2.45, 2.75) is 0 Å². The van der Waals surface area contributed by atoms with Gasteiger partial charge in [0.15, 0.2) is 11.8 Å². The average molecular weight is 258 g/mol. The molecule has 0 spiro atoms. The summed E-state index contributed by atoms with van der Waals surface area (Å²) >= 11 is 0. The summed E-state index contributed by atoms with van der Waals surface area (Å²) in [6, 6.07) is 3.15. The average Bonchev–Trinajstić information content (AvgIpc) is 2.83. The normalized spacial score (nSPS) is 9.95. The van der Waals surface area contributed by atoms with Gasteiger partial charge in [-0.25, -0.2) is 4.79 Å². The number of esters is 1. The Kier molecular flexibility index (Phi) is 3.16. The van der Waals surface area contributed by atoms with Crippen molar-refractivity contribution in [1.29, 1.82) is 5.26 Å². The number of nitriles is 1. The summed E-state index contributed by atoms with van der Waals surface area (Å²) in [5.74, 6) is -0.736. The highest BCUT2D eigenvalue weighted by atomic mass is 16.5. The molecule has 2 heterocycles. The van der Waals surface area contributed by atoms with E-state index >= 15 is 0 Å². The number of pyridine rings is 1. The third kappa shape index (κ3) is 2.11. The van der Waals surface area contributed by atoms with Crippen LogP contribution in [0.3, 0.4) is 0 Å². The van der Waals surface area contributed by atoms with Crippen LogP contribution in [-0.4, -0.2) is 22.9 Å². The Morgan fingerprint density at radius 1 is 1.63 bits per heavy atom. The Morgan fingerprint density at radius 2 is 2.37 bits per heavy atom. The van der Waals surface area contributed by atoms with Gasteiger partial charge < -0.3 is 9.94 Å². The second kappa shape index (κ2) is 4.78. The number of hydrogen-bond acceptors (Lipinski definition) is 5. The molecule has 19 heavy (non-hydrogen) atoms. The van der Waals surface area contributed by atoms with Crippen molar-refractivity contribution in [3.05, 3.63) is 41.0 Å². The lowest BCUT2D eigenvalue weighted by atomic mass is 10.0. The molecule has 2 aromatic heterocycles. The maximum atomic E-state index is 11.9. The second-order valence-electron chi connectivity index (χ2n) is 3.78. The molecule has 7 nitrogen and oxygen atoms in total. The first kappa shape index (κ1) is 12.6. The van der Waals surface area contributed by atoms with E-state index in [1.54, 1.807) is 13.2 Å². The van der Waals surface area contributed by atoms with Gasteiger partial charge in [-0.2, -0.15) is 15.1 Å². The molecule has 0 N–H and O–H groups in total. The highest BCUT2D eigenvalue weighted by Crippen LogP contribution is 2.22. The van der Waals surface area contributed by atoms with E-state index in [-0.39, 0.29) is 16.8 Å². The van der Waals surface area contributed by atoms with Gasteiger partial charge in [0.1, 0.15) is 6.07 Å². The first-order valence-corrected chi connectivity index (χ1v) is 5.32. The van der Waals surface area contributed by atoms with Crippen molar-refractivity contribution < 1.29 is 14.3 Å². The first-order chi connectivity index (χ1) is 9.08. The Balaban J connectivity index is 2.78. The van der Waals surface area contributed by atoms with E-state index in [2.05, 4.69) is 9.84 Å².